The van der Waals surface area contributed by atoms with E-state index in [2.05, 4.69) is 4.98 Å². The van der Waals surface area contributed by atoms with E-state index in [0.717, 1.165) is 0 Å². The summed E-state index contributed by atoms with van der Waals surface area (Å²) >= 11 is 5.60. The standard InChI is InChI=1S/C8H9ClN2O3/c9-7-4(8(13)14)1-2-6(11-7)5(10)3-12/h1-2,5,12H,3,10H2,(H,13,14)/t5-/m1/s1. The topological polar surface area (TPSA) is 96.4 Å². The normalized spacial score (nSPS) is 12.5. The Bertz CT molecular complexity index is 356. The molecule has 0 saturated heterocycles. The van der Waals surface area contributed by atoms with Crippen molar-refractivity contribution in [2.45, 2.75) is 6.04 Å². The highest BCUT2D eigenvalue weighted by atomic mass is 35.5. The second kappa shape index (κ2) is 4.36. The van der Waals surface area contributed by atoms with Gasteiger partial charge in [0, 0.05) is 0 Å². The lowest BCUT2D eigenvalue weighted by atomic mass is 10.2. The molecule has 14 heavy (non-hydrogen) atoms. The van der Waals surface area contributed by atoms with Gasteiger partial charge in [-0.05, 0) is 12.1 Å². The molecule has 1 heterocycles. The number of pyridine rings is 1. The first-order valence-corrected chi connectivity index (χ1v) is 4.20. The zero-order valence-electron chi connectivity index (χ0n) is 7.14. The predicted molar refractivity (Wildman–Crippen MR) is 50.2 cm³/mol. The Labute approximate surface area is 85.1 Å². The summed E-state index contributed by atoms with van der Waals surface area (Å²) in [7, 11) is 0. The van der Waals surface area contributed by atoms with E-state index >= 15 is 0 Å². The minimum Gasteiger partial charge on any atom is -0.478 e. The Morgan fingerprint density at radius 2 is 2.29 bits per heavy atom. The van der Waals surface area contributed by atoms with Crippen molar-refractivity contribution < 1.29 is 15.0 Å². The van der Waals surface area contributed by atoms with Gasteiger partial charge in [0.05, 0.1) is 23.9 Å². The SMILES string of the molecule is N[C@H](CO)c1ccc(C(=O)O)c(Cl)n1. The minimum atomic E-state index is -1.15. The monoisotopic (exact) mass is 216 g/mol. The molecule has 0 unspecified atom stereocenters. The number of halogens is 1. The Morgan fingerprint density at radius 3 is 2.71 bits per heavy atom. The summed E-state index contributed by atoms with van der Waals surface area (Å²) < 4.78 is 0. The highest BCUT2D eigenvalue weighted by Gasteiger charge is 2.13. The van der Waals surface area contributed by atoms with E-state index in [1.165, 1.54) is 12.1 Å². The van der Waals surface area contributed by atoms with Gasteiger partial charge in [-0.2, -0.15) is 0 Å². The molecule has 0 aliphatic heterocycles. The number of nitrogens with zero attached hydrogens (tertiary/aromatic N) is 1. The van der Waals surface area contributed by atoms with Gasteiger partial charge in [0.15, 0.2) is 0 Å². The van der Waals surface area contributed by atoms with Gasteiger partial charge in [0.25, 0.3) is 0 Å². The van der Waals surface area contributed by atoms with Gasteiger partial charge < -0.3 is 15.9 Å². The van der Waals surface area contributed by atoms with E-state index in [1.807, 2.05) is 0 Å². The second-order valence-corrected chi connectivity index (χ2v) is 3.03. The molecule has 0 aliphatic carbocycles. The Kier molecular flexibility index (Phi) is 3.40. The van der Waals surface area contributed by atoms with Gasteiger partial charge in [-0.15, -0.1) is 0 Å². The average Bonchev–Trinajstić information content (AvgIpc) is 2.15. The van der Waals surface area contributed by atoms with E-state index < -0.39 is 12.0 Å². The first-order chi connectivity index (χ1) is 6.56. The minimum absolute atomic E-state index is 0.0828. The van der Waals surface area contributed by atoms with Crippen LogP contribution in [0.15, 0.2) is 12.1 Å². The molecule has 1 atom stereocenters. The van der Waals surface area contributed by atoms with Crippen LogP contribution in [-0.2, 0) is 0 Å². The van der Waals surface area contributed by atoms with Crippen LogP contribution < -0.4 is 5.73 Å². The molecule has 0 fully saturated rings. The van der Waals surface area contributed by atoms with Crippen LogP contribution in [0.3, 0.4) is 0 Å². The largest absolute Gasteiger partial charge is 0.478 e. The maximum atomic E-state index is 10.6. The summed E-state index contributed by atoms with van der Waals surface area (Å²) in [5, 5.41) is 17.3. The molecule has 1 aromatic heterocycles. The first-order valence-electron chi connectivity index (χ1n) is 3.82. The molecule has 0 spiro atoms. The molecule has 0 amide bonds. The molecule has 1 rings (SSSR count). The Balaban J connectivity index is 3.06. The van der Waals surface area contributed by atoms with Crippen LogP contribution in [0.5, 0.6) is 0 Å². The summed E-state index contributed by atoms with van der Waals surface area (Å²) in [5.74, 6) is -1.15. The van der Waals surface area contributed by atoms with E-state index in [4.69, 9.17) is 27.5 Å². The number of aliphatic hydroxyl groups is 1. The third-order valence-electron chi connectivity index (χ3n) is 1.68. The molecule has 76 valence electrons. The first kappa shape index (κ1) is 10.9. The van der Waals surface area contributed by atoms with Crippen molar-refractivity contribution in [3.05, 3.63) is 28.5 Å². The fourth-order valence-electron chi connectivity index (χ4n) is 0.908. The van der Waals surface area contributed by atoms with Gasteiger partial charge in [-0.25, -0.2) is 9.78 Å². The van der Waals surface area contributed by atoms with Crippen molar-refractivity contribution >= 4 is 17.6 Å². The summed E-state index contributed by atoms with van der Waals surface area (Å²) in [6, 6.07) is 2.09. The van der Waals surface area contributed by atoms with Crippen molar-refractivity contribution in [3.63, 3.8) is 0 Å². The van der Waals surface area contributed by atoms with Crippen LogP contribution in [-0.4, -0.2) is 27.8 Å². The van der Waals surface area contributed by atoms with Crippen LogP contribution in [0.4, 0.5) is 0 Å². The molecule has 0 bridgehead atoms. The van der Waals surface area contributed by atoms with Crippen LogP contribution in [0.1, 0.15) is 22.1 Å². The molecule has 0 aromatic carbocycles. The quantitative estimate of drug-likeness (QED) is 0.637. The van der Waals surface area contributed by atoms with Gasteiger partial charge in [-0.3, -0.25) is 0 Å². The highest BCUT2D eigenvalue weighted by molar-refractivity contribution is 6.32. The number of carbonyl (C=O) groups is 1. The molecule has 6 heteroatoms. The van der Waals surface area contributed by atoms with Gasteiger partial charge in [-0.1, -0.05) is 11.6 Å². The van der Waals surface area contributed by atoms with Crippen molar-refractivity contribution in [2.75, 3.05) is 6.61 Å². The number of hydrogen-bond donors (Lipinski definition) is 3. The second-order valence-electron chi connectivity index (χ2n) is 2.67. The highest BCUT2D eigenvalue weighted by Crippen LogP contribution is 2.16. The van der Waals surface area contributed by atoms with Gasteiger partial charge in [0.2, 0.25) is 0 Å². The third-order valence-corrected chi connectivity index (χ3v) is 1.97. The smallest absolute Gasteiger partial charge is 0.338 e. The van der Waals surface area contributed by atoms with Crippen LogP contribution in [0, 0.1) is 0 Å². The van der Waals surface area contributed by atoms with Crippen LogP contribution in [0.2, 0.25) is 5.15 Å². The van der Waals surface area contributed by atoms with E-state index in [1.54, 1.807) is 0 Å². The third kappa shape index (κ3) is 2.20. The summed E-state index contributed by atoms with van der Waals surface area (Å²) in [6.45, 7) is -0.268. The lowest BCUT2D eigenvalue weighted by molar-refractivity contribution is 0.0696. The average molecular weight is 217 g/mol. The van der Waals surface area contributed by atoms with Crippen molar-refractivity contribution in [3.8, 4) is 0 Å². The summed E-state index contributed by atoms with van der Waals surface area (Å²) in [4.78, 5) is 14.3. The predicted octanol–water partition coefficient (Wildman–Crippen LogP) is 0.425. The van der Waals surface area contributed by atoms with Crippen molar-refractivity contribution in [1.82, 2.24) is 4.98 Å². The maximum Gasteiger partial charge on any atom is 0.338 e. The van der Waals surface area contributed by atoms with Gasteiger partial charge in [0.1, 0.15) is 5.15 Å². The van der Waals surface area contributed by atoms with Crippen LogP contribution in [0.25, 0.3) is 0 Å². The summed E-state index contributed by atoms with van der Waals surface area (Å²) in [5.41, 5.74) is 5.75. The van der Waals surface area contributed by atoms with E-state index in [0.29, 0.717) is 5.69 Å². The molecule has 4 N–H and O–H groups in total. The summed E-state index contributed by atoms with van der Waals surface area (Å²) in [6.07, 6.45) is 0. The zero-order chi connectivity index (χ0) is 10.7. The Hall–Kier alpha value is -1.17. The molecule has 0 aliphatic rings. The number of hydrogen-bond acceptors (Lipinski definition) is 4. The van der Waals surface area contributed by atoms with Crippen LogP contribution >= 0.6 is 11.6 Å². The number of aromatic nitrogens is 1. The number of carboxylic acid groups (broad SMARTS) is 1. The number of rotatable bonds is 3. The number of carboxylic acids is 1. The van der Waals surface area contributed by atoms with E-state index in [-0.39, 0.29) is 17.3 Å². The maximum absolute atomic E-state index is 10.6. The molecular weight excluding hydrogens is 208 g/mol. The molecule has 1 aromatic rings. The molecule has 0 radical (unpaired) electrons. The Morgan fingerprint density at radius 1 is 1.64 bits per heavy atom. The van der Waals surface area contributed by atoms with E-state index in [9.17, 15) is 4.79 Å². The number of aliphatic hydroxyl groups excluding tert-OH is 1. The fourth-order valence-corrected chi connectivity index (χ4v) is 1.15. The zero-order valence-corrected chi connectivity index (χ0v) is 7.90. The van der Waals surface area contributed by atoms with Gasteiger partial charge >= 0.3 is 5.97 Å². The lowest BCUT2D eigenvalue weighted by Gasteiger charge is -2.08. The van der Waals surface area contributed by atoms with Crippen molar-refractivity contribution in [2.24, 2.45) is 5.73 Å². The molecule has 0 saturated carbocycles. The van der Waals surface area contributed by atoms with Crippen molar-refractivity contribution in [1.29, 1.82) is 0 Å². The molecular formula is C8H9ClN2O3. The molecule has 5 nitrogen and oxygen atoms in total. The number of aromatic carboxylic acids is 1. The fraction of sp³-hybridized carbons (Fsp3) is 0.250. The number of nitrogens with two attached hydrogens (primary N) is 1. The lowest BCUT2D eigenvalue weighted by Crippen LogP contribution is -2.16.